The Morgan fingerprint density at radius 2 is 1.62 bits per heavy atom. The van der Waals surface area contributed by atoms with Crippen molar-refractivity contribution in [2.24, 2.45) is 0 Å². The third-order valence-electron chi connectivity index (χ3n) is 3.83. The summed E-state index contributed by atoms with van der Waals surface area (Å²) in [6.45, 7) is 7.46. The quantitative estimate of drug-likeness (QED) is 0.475. The number of rotatable bonds is 9. The van der Waals surface area contributed by atoms with E-state index in [0.717, 1.165) is 17.3 Å². The molecule has 21 heavy (non-hydrogen) atoms. The SMILES string of the molecule is CCCCCCCCCNC(=S)Nc1ccc(C)c(C)c1. The highest BCUT2D eigenvalue weighted by molar-refractivity contribution is 7.80. The number of hydrogen-bond acceptors (Lipinski definition) is 1. The number of unbranched alkanes of at least 4 members (excludes halogenated alkanes) is 6. The second-order valence-corrected chi connectivity index (χ2v) is 6.21. The van der Waals surface area contributed by atoms with Gasteiger partial charge < -0.3 is 10.6 Å². The number of nitrogens with one attached hydrogen (secondary N) is 2. The van der Waals surface area contributed by atoms with Crippen molar-refractivity contribution in [1.82, 2.24) is 5.32 Å². The predicted octanol–water partition coefficient (Wildman–Crippen LogP) is 5.34. The van der Waals surface area contributed by atoms with Crippen molar-refractivity contribution in [3.8, 4) is 0 Å². The molecule has 0 heterocycles. The number of anilines is 1. The van der Waals surface area contributed by atoms with Crippen LogP contribution in [-0.2, 0) is 0 Å². The molecule has 118 valence electrons. The van der Waals surface area contributed by atoms with Crippen LogP contribution in [0, 0.1) is 13.8 Å². The highest BCUT2D eigenvalue weighted by atomic mass is 32.1. The lowest BCUT2D eigenvalue weighted by Gasteiger charge is -2.11. The van der Waals surface area contributed by atoms with Gasteiger partial charge in [0, 0.05) is 12.2 Å². The molecule has 0 fully saturated rings. The third-order valence-corrected chi connectivity index (χ3v) is 4.08. The first-order valence-corrected chi connectivity index (χ1v) is 8.66. The molecule has 0 spiro atoms. The number of hydrogen-bond donors (Lipinski definition) is 2. The minimum atomic E-state index is 0.726. The average Bonchev–Trinajstić information content (AvgIpc) is 2.46. The summed E-state index contributed by atoms with van der Waals surface area (Å²) < 4.78 is 0. The van der Waals surface area contributed by atoms with Crippen LogP contribution in [0.3, 0.4) is 0 Å². The van der Waals surface area contributed by atoms with E-state index < -0.39 is 0 Å². The minimum Gasteiger partial charge on any atom is -0.362 e. The predicted molar refractivity (Wildman–Crippen MR) is 98.1 cm³/mol. The molecule has 1 aromatic carbocycles. The first-order chi connectivity index (χ1) is 10.1. The van der Waals surface area contributed by atoms with Crippen LogP contribution in [-0.4, -0.2) is 11.7 Å². The van der Waals surface area contributed by atoms with Gasteiger partial charge >= 0.3 is 0 Å². The van der Waals surface area contributed by atoms with Crippen LogP contribution in [0.4, 0.5) is 5.69 Å². The van der Waals surface area contributed by atoms with E-state index in [9.17, 15) is 0 Å². The molecule has 0 unspecified atom stereocenters. The maximum absolute atomic E-state index is 5.33. The van der Waals surface area contributed by atoms with Crippen molar-refractivity contribution >= 4 is 23.0 Å². The van der Waals surface area contributed by atoms with Crippen LogP contribution in [0.2, 0.25) is 0 Å². The number of benzene rings is 1. The largest absolute Gasteiger partial charge is 0.362 e. The first kappa shape index (κ1) is 18.0. The van der Waals surface area contributed by atoms with Gasteiger partial charge in [-0.15, -0.1) is 0 Å². The summed E-state index contributed by atoms with van der Waals surface area (Å²) in [5.74, 6) is 0. The molecule has 0 atom stereocenters. The van der Waals surface area contributed by atoms with E-state index in [2.05, 4.69) is 49.6 Å². The Hall–Kier alpha value is -1.09. The molecule has 1 aromatic rings. The van der Waals surface area contributed by atoms with Crippen LogP contribution in [0.1, 0.15) is 63.0 Å². The zero-order chi connectivity index (χ0) is 15.5. The molecule has 0 amide bonds. The van der Waals surface area contributed by atoms with Gasteiger partial charge in [-0.3, -0.25) is 0 Å². The molecule has 1 rings (SSSR count). The van der Waals surface area contributed by atoms with Gasteiger partial charge in [-0.25, -0.2) is 0 Å². The van der Waals surface area contributed by atoms with Crippen LogP contribution >= 0.6 is 12.2 Å². The van der Waals surface area contributed by atoms with Gasteiger partial charge in [-0.1, -0.05) is 51.5 Å². The van der Waals surface area contributed by atoms with E-state index in [1.54, 1.807) is 0 Å². The molecule has 2 N–H and O–H groups in total. The van der Waals surface area contributed by atoms with Crippen molar-refractivity contribution in [3.05, 3.63) is 29.3 Å². The van der Waals surface area contributed by atoms with Gasteiger partial charge in [0.25, 0.3) is 0 Å². The van der Waals surface area contributed by atoms with E-state index in [4.69, 9.17) is 12.2 Å². The monoisotopic (exact) mass is 306 g/mol. The molecule has 0 saturated carbocycles. The molecule has 0 aliphatic rings. The molecule has 0 aromatic heterocycles. The molecule has 2 nitrogen and oxygen atoms in total. The lowest BCUT2D eigenvalue weighted by Crippen LogP contribution is -2.29. The third kappa shape index (κ3) is 8.05. The summed E-state index contributed by atoms with van der Waals surface area (Å²) in [5.41, 5.74) is 3.66. The van der Waals surface area contributed by atoms with Gasteiger partial charge in [0.2, 0.25) is 0 Å². The van der Waals surface area contributed by atoms with Crippen molar-refractivity contribution in [2.45, 2.75) is 65.7 Å². The molecule has 0 saturated heterocycles. The van der Waals surface area contributed by atoms with Gasteiger partial charge in [0.15, 0.2) is 5.11 Å². The summed E-state index contributed by atoms with van der Waals surface area (Å²) in [5, 5.41) is 7.26. The summed E-state index contributed by atoms with van der Waals surface area (Å²) in [6.07, 6.45) is 9.29. The topological polar surface area (TPSA) is 24.1 Å². The first-order valence-electron chi connectivity index (χ1n) is 8.25. The fourth-order valence-electron chi connectivity index (χ4n) is 2.28. The Morgan fingerprint density at radius 1 is 0.952 bits per heavy atom. The normalized spacial score (nSPS) is 10.4. The maximum Gasteiger partial charge on any atom is 0.170 e. The fourth-order valence-corrected chi connectivity index (χ4v) is 2.50. The summed E-state index contributed by atoms with van der Waals surface area (Å²) in [4.78, 5) is 0. The minimum absolute atomic E-state index is 0.726. The average molecular weight is 307 g/mol. The molecule has 0 aliphatic carbocycles. The lowest BCUT2D eigenvalue weighted by molar-refractivity contribution is 0.586. The Bertz CT molecular complexity index is 429. The van der Waals surface area contributed by atoms with Crippen LogP contribution in [0.25, 0.3) is 0 Å². The molecular weight excluding hydrogens is 276 g/mol. The van der Waals surface area contributed by atoms with E-state index >= 15 is 0 Å². The number of thiocarbonyl (C=S) groups is 1. The second-order valence-electron chi connectivity index (χ2n) is 5.80. The smallest absolute Gasteiger partial charge is 0.170 e. The zero-order valence-electron chi connectivity index (χ0n) is 13.8. The highest BCUT2D eigenvalue weighted by Crippen LogP contribution is 2.14. The van der Waals surface area contributed by atoms with E-state index in [1.807, 2.05) is 0 Å². The number of aryl methyl sites for hydroxylation is 2. The standard InChI is InChI=1S/C18H30N2S/c1-4-5-6-7-8-9-10-13-19-18(21)20-17-12-11-15(2)16(3)14-17/h11-12,14H,4-10,13H2,1-3H3,(H2,19,20,21). The molecule has 0 radical (unpaired) electrons. The van der Waals surface area contributed by atoms with Crippen molar-refractivity contribution in [3.63, 3.8) is 0 Å². The molecule has 3 heteroatoms. The Balaban J connectivity index is 2.10. The van der Waals surface area contributed by atoms with Crippen LogP contribution in [0.5, 0.6) is 0 Å². The van der Waals surface area contributed by atoms with Crippen LogP contribution in [0.15, 0.2) is 18.2 Å². The Morgan fingerprint density at radius 3 is 2.29 bits per heavy atom. The van der Waals surface area contributed by atoms with Gasteiger partial charge in [-0.05, 0) is 55.7 Å². The maximum atomic E-state index is 5.33. The Kier molecular flexibility index (Phi) is 9.07. The van der Waals surface area contributed by atoms with Crippen molar-refractivity contribution in [1.29, 1.82) is 0 Å². The highest BCUT2D eigenvalue weighted by Gasteiger charge is 1.99. The molecular formula is C18H30N2S. The Labute approximate surface area is 135 Å². The van der Waals surface area contributed by atoms with Crippen molar-refractivity contribution in [2.75, 3.05) is 11.9 Å². The molecule has 0 bridgehead atoms. The summed E-state index contributed by atoms with van der Waals surface area (Å²) in [6, 6.07) is 6.33. The second kappa shape index (κ2) is 10.6. The van der Waals surface area contributed by atoms with Crippen molar-refractivity contribution < 1.29 is 0 Å². The van der Waals surface area contributed by atoms with E-state index in [0.29, 0.717) is 0 Å². The fraction of sp³-hybridized carbons (Fsp3) is 0.611. The summed E-state index contributed by atoms with van der Waals surface area (Å²) >= 11 is 5.33. The molecule has 0 aliphatic heterocycles. The van der Waals surface area contributed by atoms with Crippen LogP contribution < -0.4 is 10.6 Å². The summed E-state index contributed by atoms with van der Waals surface area (Å²) in [7, 11) is 0. The van der Waals surface area contributed by atoms with E-state index in [1.165, 1.54) is 56.1 Å². The lowest BCUT2D eigenvalue weighted by atomic mass is 10.1. The van der Waals surface area contributed by atoms with Gasteiger partial charge in [0.1, 0.15) is 0 Å². The van der Waals surface area contributed by atoms with Gasteiger partial charge in [0.05, 0.1) is 0 Å². The van der Waals surface area contributed by atoms with Gasteiger partial charge in [-0.2, -0.15) is 0 Å². The van der Waals surface area contributed by atoms with E-state index in [-0.39, 0.29) is 0 Å². The zero-order valence-corrected chi connectivity index (χ0v) is 14.6.